The van der Waals surface area contributed by atoms with Crippen LogP contribution in [0.3, 0.4) is 0 Å². The highest BCUT2D eigenvalue weighted by Crippen LogP contribution is 2.29. The standard InChI is InChI=1S/C8H16O2/c1-7-5-3-2-4-6-8(7,9)10/h7,9-10H,2-6H2,1H3. The molecule has 0 heterocycles. The van der Waals surface area contributed by atoms with Gasteiger partial charge in [0.2, 0.25) is 0 Å². The van der Waals surface area contributed by atoms with Crippen molar-refractivity contribution in [1.82, 2.24) is 0 Å². The van der Waals surface area contributed by atoms with Crippen LogP contribution in [0.15, 0.2) is 0 Å². The van der Waals surface area contributed by atoms with E-state index >= 15 is 0 Å². The average molecular weight is 144 g/mol. The lowest BCUT2D eigenvalue weighted by Crippen LogP contribution is -2.34. The van der Waals surface area contributed by atoms with Gasteiger partial charge in [0.1, 0.15) is 0 Å². The Balaban J connectivity index is 2.52. The first kappa shape index (κ1) is 8.02. The zero-order valence-corrected chi connectivity index (χ0v) is 6.51. The van der Waals surface area contributed by atoms with Crippen molar-refractivity contribution >= 4 is 0 Å². The van der Waals surface area contributed by atoms with E-state index in [0.717, 1.165) is 25.7 Å². The van der Waals surface area contributed by atoms with Gasteiger partial charge in [-0.15, -0.1) is 0 Å². The smallest absolute Gasteiger partial charge is 0.165 e. The van der Waals surface area contributed by atoms with Crippen molar-refractivity contribution in [3.05, 3.63) is 0 Å². The molecule has 0 aromatic rings. The Morgan fingerprint density at radius 1 is 1.20 bits per heavy atom. The Bertz CT molecular complexity index is 110. The number of rotatable bonds is 0. The molecule has 0 radical (unpaired) electrons. The Morgan fingerprint density at radius 2 is 1.90 bits per heavy atom. The molecule has 1 rings (SSSR count). The first-order valence-corrected chi connectivity index (χ1v) is 4.08. The lowest BCUT2D eigenvalue weighted by Gasteiger charge is -2.25. The fraction of sp³-hybridized carbons (Fsp3) is 1.00. The SMILES string of the molecule is CC1CCCCCC1(O)O. The Kier molecular flexibility index (Phi) is 2.32. The van der Waals surface area contributed by atoms with Crippen molar-refractivity contribution < 1.29 is 10.2 Å². The van der Waals surface area contributed by atoms with Crippen molar-refractivity contribution in [2.45, 2.75) is 44.8 Å². The summed E-state index contributed by atoms with van der Waals surface area (Å²) >= 11 is 0. The van der Waals surface area contributed by atoms with E-state index in [2.05, 4.69) is 0 Å². The van der Waals surface area contributed by atoms with Gasteiger partial charge in [-0.05, 0) is 12.8 Å². The summed E-state index contributed by atoms with van der Waals surface area (Å²) in [7, 11) is 0. The maximum Gasteiger partial charge on any atom is 0.165 e. The predicted molar refractivity (Wildman–Crippen MR) is 39.4 cm³/mol. The summed E-state index contributed by atoms with van der Waals surface area (Å²) in [5.74, 6) is -1.33. The van der Waals surface area contributed by atoms with Gasteiger partial charge in [-0.1, -0.05) is 19.8 Å². The number of aliphatic hydroxyl groups is 2. The van der Waals surface area contributed by atoms with Gasteiger partial charge < -0.3 is 10.2 Å². The molecule has 0 saturated heterocycles. The summed E-state index contributed by atoms with van der Waals surface area (Å²) in [6, 6.07) is 0. The third-order valence-corrected chi connectivity index (χ3v) is 2.47. The van der Waals surface area contributed by atoms with Gasteiger partial charge in [0.15, 0.2) is 5.79 Å². The molecule has 1 fully saturated rings. The summed E-state index contributed by atoms with van der Waals surface area (Å²) in [5.41, 5.74) is 0. The quantitative estimate of drug-likeness (QED) is 0.397. The molecule has 2 heteroatoms. The van der Waals surface area contributed by atoms with Crippen LogP contribution in [0.4, 0.5) is 0 Å². The highest BCUT2D eigenvalue weighted by atomic mass is 16.5. The predicted octanol–water partition coefficient (Wildman–Crippen LogP) is 1.27. The van der Waals surface area contributed by atoms with Crippen LogP contribution in [0.25, 0.3) is 0 Å². The summed E-state index contributed by atoms with van der Waals surface area (Å²) < 4.78 is 0. The van der Waals surface area contributed by atoms with Gasteiger partial charge in [-0.3, -0.25) is 0 Å². The minimum absolute atomic E-state index is 0.0509. The molecule has 10 heavy (non-hydrogen) atoms. The topological polar surface area (TPSA) is 40.5 Å². The molecule has 60 valence electrons. The molecule has 1 atom stereocenters. The van der Waals surface area contributed by atoms with E-state index in [9.17, 15) is 10.2 Å². The molecule has 0 spiro atoms. The Hall–Kier alpha value is -0.0800. The average Bonchev–Trinajstić information content (AvgIpc) is 1.96. The molecule has 0 aromatic carbocycles. The maximum atomic E-state index is 9.38. The lowest BCUT2D eigenvalue weighted by molar-refractivity contribution is -0.198. The second-order valence-corrected chi connectivity index (χ2v) is 3.38. The van der Waals surface area contributed by atoms with E-state index in [1.807, 2.05) is 6.92 Å². The number of hydrogen-bond acceptors (Lipinski definition) is 2. The van der Waals surface area contributed by atoms with Crippen LogP contribution in [-0.2, 0) is 0 Å². The van der Waals surface area contributed by atoms with Crippen LogP contribution in [0, 0.1) is 5.92 Å². The van der Waals surface area contributed by atoms with Crippen LogP contribution >= 0.6 is 0 Å². The van der Waals surface area contributed by atoms with Gasteiger partial charge in [0.25, 0.3) is 0 Å². The summed E-state index contributed by atoms with van der Waals surface area (Å²) in [5, 5.41) is 18.8. The summed E-state index contributed by atoms with van der Waals surface area (Å²) in [4.78, 5) is 0. The van der Waals surface area contributed by atoms with Crippen LogP contribution < -0.4 is 0 Å². The minimum Gasteiger partial charge on any atom is -0.365 e. The maximum absolute atomic E-state index is 9.38. The normalized spacial score (nSPS) is 33.3. The molecule has 1 aliphatic rings. The van der Waals surface area contributed by atoms with Crippen molar-refractivity contribution in [1.29, 1.82) is 0 Å². The fourth-order valence-corrected chi connectivity index (χ4v) is 1.49. The Morgan fingerprint density at radius 3 is 2.60 bits per heavy atom. The third kappa shape index (κ3) is 1.70. The third-order valence-electron chi connectivity index (χ3n) is 2.47. The minimum atomic E-state index is -1.38. The molecule has 1 unspecified atom stereocenters. The highest BCUT2D eigenvalue weighted by Gasteiger charge is 2.31. The van der Waals surface area contributed by atoms with Crippen molar-refractivity contribution in [2.75, 3.05) is 0 Å². The molecule has 0 aromatic heterocycles. The lowest BCUT2D eigenvalue weighted by atomic mass is 9.96. The van der Waals surface area contributed by atoms with Crippen molar-refractivity contribution in [3.8, 4) is 0 Å². The largest absolute Gasteiger partial charge is 0.365 e. The van der Waals surface area contributed by atoms with E-state index in [-0.39, 0.29) is 5.92 Å². The second-order valence-electron chi connectivity index (χ2n) is 3.38. The zero-order valence-electron chi connectivity index (χ0n) is 6.51. The van der Waals surface area contributed by atoms with Gasteiger partial charge in [0, 0.05) is 12.3 Å². The van der Waals surface area contributed by atoms with Crippen molar-refractivity contribution in [2.24, 2.45) is 5.92 Å². The summed E-state index contributed by atoms with van der Waals surface area (Å²) in [6.45, 7) is 1.91. The van der Waals surface area contributed by atoms with Crippen molar-refractivity contribution in [3.63, 3.8) is 0 Å². The van der Waals surface area contributed by atoms with Gasteiger partial charge in [-0.2, -0.15) is 0 Å². The molecule has 0 aliphatic heterocycles. The van der Waals surface area contributed by atoms with E-state index in [4.69, 9.17) is 0 Å². The molecular formula is C8H16O2. The number of hydrogen-bond donors (Lipinski definition) is 2. The molecule has 0 bridgehead atoms. The second kappa shape index (κ2) is 2.89. The van der Waals surface area contributed by atoms with Gasteiger partial charge >= 0.3 is 0 Å². The highest BCUT2D eigenvalue weighted by molar-refractivity contribution is 4.75. The van der Waals surface area contributed by atoms with E-state index in [1.165, 1.54) is 0 Å². The van der Waals surface area contributed by atoms with E-state index < -0.39 is 5.79 Å². The monoisotopic (exact) mass is 144 g/mol. The van der Waals surface area contributed by atoms with E-state index in [0.29, 0.717) is 6.42 Å². The Labute approximate surface area is 61.9 Å². The van der Waals surface area contributed by atoms with Crippen LogP contribution in [0.2, 0.25) is 0 Å². The first-order valence-electron chi connectivity index (χ1n) is 4.08. The van der Waals surface area contributed by atoms with E-state index in [1.54, 1.807) is 0 Å². The fourth-order valence-electron chi connectivity index (χ4n) is 1.49. The molecule has 1 aliphatic carbocycles. The summed E-state index contributed by atoms with van der Waals surface area (Å²) in [6.07, 6.45) is 4.75. The van der Waals surface area contributed by atoms with Gasteiger partial charge in [0.05, 0.1) is 0 Å². The van der Waals surface area contributed by atoms with Crippen LogP contribution in [0.1, 0.15) is 39.0 Å². The zero-order chi connectivity index (χ0) is 7.61. The molecular weight excluding hydrogens is 128 g/mol. The molecule has 2 nitrogen and oxygen atoms in total. The first-order chi connectivity index (χ1) is 4.63. The van der Waals surface area contributed by atoms with Gasteiger partial charge in [-0.25, -0.2) is 0 Å². The molecule has 1 saturated carbocycles. The molecule has 2 N–H and O–H groups in total. The van der Waals surface area contributed by atoms with Crippen LogP contribution in [0.5, 0.6) is 0 Å². The van der Waals surface area contributed by atoms with Crippen LogP contribution in [-0.4, -0.2) is 16.0 Å². The molecule has 0 amide bonds.